The van der Waals surface area contributed by atoms with Crippen molar-refractivity contribution in [3.8, 4) is 0 Å². The molecule has 1 aliphatic heterocycles. The maximum absolute atomic E-state index is 10.9. The Kier molecular flexibility index (Phi) is 3.11. The van der Waals surface area contributed by atoms with Gasteiger partial charge >= 0.3 is 0 Å². The van der Waals surface area contributed by atoms with Crippen LogP contribution in [0.2, 0.25) is 0 Å². The van der Waals surface area contributed by atoms with E-state index >= 15 is 0 Å². The van der Waals surface area contributed by atoms with Crippen LogP contribution < -0.4 is 0 Å². The molecule has 1 heterocycles. The van der Waals surface area contributed by atoms with Gasteiger partial charge in [-0.3, -0.25) is 15.0 Å². The molecule has 0 N–H and O–H groups in total. The van der Waals surface area contributed by atoms with Gasteiger partial charge < -0.3 is 0 Å². The van der Waals surface area contributed by atoms with Gasteiger partial charge in [0, 0.05) is 25.2 Å². The summed E-state index contributed by atoms with van der Waals surface area (Å²) in [7, 11) is 0. The summed E-state index contributed by atoms with van der Waals surface area (Å²) in [4.78, 5) is 13.0. The SMILES string of the molecule is O=[N+]([O-])c1cc(CN2CC3CCC2C3)ccc1Br. The summed E-state index contributed by atoms with van der Waals surface area (Å²) >= 11 is 3.22. The Bertz CT molecular complexity index is 492. The molecule has 4 nitrogen and oxygen atoms in total. The van der Waals surface area contributed by atoms with Crippen LogP contribution in [-0.2, 0) is 6.54 Å². The zero-order chi connectivity index (χ0) is 12.7. The highest BCUT2D eigenvalue weighted by molar-refractivity contribution is 9.10. The molecule has 3 rings (SSSR count). The molecule has 2 unspecified atom stereocenters. The normalized spacial score (nSPS) is 26.7. The third kappa shape index (κ3) is 2.17. The lowest BCUT2D eigenvalue weighted by Crippen LogP contribution is -2.31. The van der Waals surface area contributed by atoms with Gasteiger partial charge in [0.2, 0.25) is 0 Å². The molecule has 1 saturated carbocycles. The minimum atomic E-state index is -0.330. The predicted molar refractivity (Wildman–Crippen MR) is 72.3 cm³/mol. The second-order valence-electron chi connectivity index (χ2n) is 5.31. The van der Waals surface area contributed by atoms with Gasteiger partial charge in [-0.05, 0) is 52.7 Å². The second kappa shape index (κ2) is 4.63. The van der Waals surface area contributed by atoms with Gasteiger partial charge in [0.25, 0.3) is 5.69 Å². The quantitative estimate of drug-likeness (QED) is 0.635. The Hall–Kier alpha value is -0.940. The fraction of sp³-hybridized carbons (Fsp3) is 0.538. The number of nitrogens with zero attached hydrogens (tertiary/aromatic N) is 2. The first-order chi connectivity index (χ1) is 8.63. The molecule has 1 aliphatic carbocycles. The molecule has 0 amide bonds. The molecule has 2 aliphatic rings. The van der Waals surface area contributed by atoms with Crippen LogP contribution in [0.5, 0.6) is 0 Å². The number of hydrogen-bond acceptors (Lipinski definition) is 3. The molecule has 1 aromatic rings. The fourth-order valence-corrected chi connectivity index (χ4v) is 3.64. The van der Waals surface area contributed by atoms with Crippen molar-refractivity contribution in [2.75, 3.05) is 6.54 Å². The Labute approximate surface area is 114 Å². The highest BCUT2D eigenvalue weighted by atomic mass is 79.9. The second-order valence-corrected chi connectivity index (χ2v) is 6.16. The number of piperidine rings is 1. The van der Waals surface area contributed by atoms with Crippen molar-refractivity contribution >= 4 is 21.6 Å². The zero-order valence-electron chi connectivity index (χ0n) is 10.0. The molecule has 96 valence electrons. The number of hydrogen-bond donors (Lipinski definition) is 0. The topological polar surface area (TPSA) is 46.4 Å². The average molecular weight is 311 g/mol. The van der Waals surface area contributed by atoms with E-state index in [2.05, 4.69) is 20.8 Å². The predicted octanol–water partition coefficient (Wildman–Crippen LogP) is 3.34. The summed E-state index contributed by atoms with van der Waals surface area (Å²) in [5.41, 5.74) is 1.20. The van der Waals surface area contributed by atoms with Crippen LogP contribution in [0, 0.1) is 16.0 Å². The van der Waals surface area contributed by atoms with E-state index in [0.29, 0.717) is 10.5 Å². The lowest BCUT2D eigenvalue weighted by Gasteiger charge is -2.26. The number of likely N-dealkylation sites (tertiary alicyclic amines) is 1. The highest BCUT2D eigenvalue weighted by Crippen LogP contribution is 2.38. The van der Waals surface area contributed by atoms with Gasteiger partial charge in [0.15, 0.2) is 0 Å². The van der Waals surface area contributed by atoms with Crippen molar-refractivity contribution in [3.63, 3.8) is 0 Å². The molecular formula is C13H15BrN2O2. The van der Waals surface area contributed by atoms with E-state index in [1.807, 2.05) is 6.07 Å². The first-order valence-corrected chi connectivity index (χ1v) is 7.09. The summed E-state index contributed by atoms with van der Waals surface area (Å²) in [5, 5.41) is 10.9. The van der Waals surface area contributed by atoms with Crippen molar-refractivity contribution in [2.24, 2.45) is 5.92 Å². The van der Waals surface area contributed by atoms with E-state index in [0.717, 1.165) is 24.6 Å². The van der Waals surface area contributed by atoms with Gasteiger partial charge in [-0.15, -0.1) is 0 Å². The van der Waals surface area contributed by atoms with Gasteiger partial charge in [0.05, 0.1) is 9.40 Å². The Morgan fingerprint density at radius 1 is 1.44 bits per heavy atom. The zero-order valence-corrected chi connectivity index (χ0v) is 11.6. The van der Waals surface area contributed by atoms with Crippen LogP contribution in [0.1, 0.15) is 24.8 Å². The summed E-state index contributed by atoms with van der Waals surface area (Å²) in [6.07, 6.45) is 3.98. The third-order valence-corrected chi connectivity index (χ3v) is 4.79. The summed E-state index contributed by atoms with van der Waals surface area (Å²) in [5.74, 6) is 0.862. The Morgan fingerprint density at radius 3 is 2.89 bits per heavy atom. The van der Waals surface area contributed by atoms with Crippen molar-refractivity contribution in [3.05, 3.63) is 38.3 Å². The van der Waals surface area contributed by atoms with Gasteiger partial charge in [-0.2, -0.15) is 0 Å². The minimum Gasteiger partial charge on any atom is -0.296 e. The fourth-order valence-electron chi connectivity index (χ4n) is 3.25. The van der Waals surface area contributed by atoms with Crippen LogP contribution in [0.25, 0.3) is 0 Å². The minimum absolute atomic E-state index is 0.164. The van der Waals surface area contributed by atoms with Gasteiger partial charge in [0.1, 0.15) is 0 Å². The summed E-state index contributed by atoms with van der Waals surface area (Å²) in [6.45, 7) is 2.00. The molecule has 0 spiro atoms. The molecule has 0 aromatic heterocycles. The molecule has 5 heteroatoms. The first kappa shape index (κ1) is 12.1. The summed E-state index contributed by atoms with van der Waals surface area (Å²) in [6, 6.07) is 6.15. The molecule has 1 aromatic carbocycles. The molecular weight excluding hydrogens is 296 g/mol. The largest absolute Gasteiger partial charge is 0.296 e. The highest BCUT2D eigenvalue weighted by Gasteiger charge is 2.37. The van der Waals surface area contributed by atoms with Crippen molar-refractivity contribution < 1.29 is 4.92 Å². The van der Waals surface area contributed by atoms with Gasteiger partial charge in [-0.25, -0.2) is 0 Å². The first-order valence-electron chi connectivity index (χ1n) is 6.30. The lowest BCUT2D eigenvalue weighted by atomic mass is 10.1. The van der Waals surface area contributed by atoms with E-state index in [9.17, 15) is 10.1 Å². The maximum atomic E-state index is 10.9. The molecule has 18 heavy (non-hydrogen) atoms. The number of nitro groups is 1. The van der Waals surface area contributed by atoms with Crippen molar-refractivity contribution in [1.82, 2.24) is 4.90 Å². The summed E-state index contributed by atoms with van der Waals surface area (Å²) < 4.78 is 0.555. The van der Waals surface area contributed by atoms with Gasteiger partial charge in [-0.1, -0.05) is 6.07 Å². The van der Waals surface area contributed by atoms with E-state index < -0.39 is 0 Å². The monoisotopic (exact) mass is 310 g/mol. The van der Waals surface area contributed by atoms with E-state index in [4.69, 9.17) is 0 Å². The number of halogens is 1. The Balaban J connectivity index is 1.77. The molecule has 2 atom stereocenters. The van der Waals surface area contributed by atoms with E-state index in [-0.39, 0.29) is 10.6 Å². The maximum Gasteiger partial charge on any atom is 0.283 e. The number of rotatable bonds is 3. The number of benzene rings is 1. The number of nitro benzene ring substituents is 1. The smallest absolute Gasteiger partial charge is 0.283 e. The van der Waals surface area contributed by atoms with Crippen LogP contribution >= 0.6 is 15.9 Å². The van der Waals surface area contributed by atoms with E-state index in [1.165, 1.54) is 19.3 Å². The molecule has 2 fully saturated rings. The molecule has 0 radical (unpaired) electrons. The third-order valence-electron chi connectivity index (χ3n) is 4.12. The number of fused-ring (bicyclic) bond motifs is 2. The Morgan fingerprint density at radius 2 is 2.28 bits per heavy atom. The molecule has 1 saturated heterocycles. The standard InChI is InChI=1S/C13H15BrN2O2/c14-12-4-2-10(6-13(12)16(17)18)8-15-7-9-1-3-11(15)5-9/h2,4,6,9,11H,1,3,5,7-8H2. The molecule has 2 bridgehead atoms. The average Bonchev–Trinajstić information content (AvgIpc) is 2.93. The van der Waals surface area contributed by atoms with Crippen LogP contribution in [-0.4, -0.2) is 22.4 Å². The van der Waals surface area contributed by atoms with Crippen molar-refractivity contribution in [2.45, 2.75) is 31.8 Å². The van der Waals surface area contributed by atoms with Crippen LogP contribution in [0.15, 0.2) is 22.7 Å². The van der Waals surface area contributed by atoms with E-state index in [1.54, 1.807) is 12.1 Å². The van der Waals surface area contributed by atoms with Crippen LogP contribution in [0.4, 0.5) is 5.69 Å². The lowest BCUT2D eigenvalue weighted by molar-refractivity contribution is -0.385. The van der Waals surface area contributed by atoms with Crippen molar-refractivity contribution in [1.29, 1.82) is 0 Å². The van der Waals surface area contributed by atoms with Crippen LogP contribution in [0.3, 0.4) is 0 Å².